The molecule has 5 nitrogen and oxygen atoms in total. The van der Waals surface area contributed by atoms with Gasteiger partial charge in [-0.05, 0) is 77.0 Å². The summed E-state index contributed by atoms with van der Waals surface area (Å²) in [6.45, 7) is 17.9. The average Bonchev–Trinajstić information content (AvgIpc) is 3.06. The highest BCUT2D eigenvalue weighted by molar-refractivity contribution is 5.89. The van der Waals surface area contributed by atoms with Crippen LogP contribution in [0, 0.1) is 46.3 Å². The van der Waals surface area contributed by atoms with Crippen molar-refractivity contribution in [2.75, 3.05) is 7.11 Å². The Labute approximate surface area is 308 Å². The van der Waals surface area contributed by atoms with Gasteiger partial charge in [-0.3, -0.25) is 19.2 Å². The van der Waals surface area contributed by atoms with Gasteiger partial charge in [-0.2, -0.15) is 0 Å². The molecule has 276 valence electrons. The lowest BCUT2D eigenvalue weighted by molar-refractivity contribution is -0.146. The van der Waals surface area contributed by atoms with Crippen LogP contribution in [0.1, 0.15) is 99.1 Å². The fourth-order valence-corrected chi connectivity index (χ4v) is 7.86. The molecule has 6 unspecified atom stereocenters. The van der Waals surface area contributed by atoms with Crippen LogP contribution in [-0.2, 0) is 36.8 Å². The molecule has 51 heavy (non-hydrogen) atoms. The zero-order valence-corrected chi connectivity index (χ0v) is 32.8. The summed E-state index contributed by atoms with van der Waals surface area (Å²) >= 11 is 0. The predicted octanol–water partition coefficient (Wildman–Crippen LogP) is 10.4. The Morgan fingerprint density at radius 2 is 1.16 bits per heavy atom. The van der Waals surface area contributed by atoms with Crippen LogP contribution in [-0.4, -0.2) is 30.4 Å². The number of methoxy groups -OCH3 is 1. The molecule has 0 amide bonds. The van der Waals surface area contributed by atoms with E-state index in [1.165, 1.54) is 12.7 Å². The van der Waals surface area contributed by atoms with Gasteiger partial charge in [0.2, 0.25) is 0 Å². The third-order valence-electron chi connectivity index (χ3n) is 10.8. The molecule has 0 spiro atoms. The monoisotopic (exact) mass is 694 g/mol. The molecule has 0 radical (unpaired) electrons. The van der Waals surface area contributed by atoms with Crippen LogP contribution in [0.25, 0.3) is 11.1 Å². The van der Waals surface area contributed by atoms with Crippen LogP contribution in [0.15, 0.2) is 84.9 Å². The van der Waals surface area contributed by atoms with Crippen molar-refractivity contribution < 1.29 is 23.9 Å². The minimum Gasteiger partial charge on any atom is -0.469 e. The van der Waals surface area contributed by atoms with Gasteiger partial charge >= 0.3 is 5.97 Å². The first-order valence-electron chi connectivity index (χ1n) is 18.7. The van der Waals surface area contributed by atoms with E-state index in [1.807, 2.05) is 64.1 Å². The van der Waals surface area contributed by atoms with Crippen LogP contribution < -0.4 is 0 Å². The molecule has 0 aliphatic carbocycles. The first-order chi connectivity index (χ1) is 23.9. The van der Waals surface area contributed by atoms with Crippen LogP contribution in [0.3, 0.4) is 0 Å². The second kappa shape index (κ2) is 18.6. The van der Waals surface area contributed by atoms with Crippen LogP contribution in [0.2, 0.25) is 0 Å². The number of esters is 1. The maximum absolute atomic E-state index is 14.2. The Balaban J connectivity index is 1.97. The van der Waals surface area contributed by atoms with Crippen molar-refractivity contribution in [2.45, 2.75) is 101 Å². The minimum atomic E-state index is -0.467. The van der Waals surface area contributed by atoms with Gasteiger partial charge in [0.1, 0.15) is 17.3 Å². The van der Waals surface area contributed by atoms with Crippen LogP contribution in [0.5, 0.6) is 0 Å². The number of carbonyl (C=O) groups excluding carboxylic acids is 4. The quantitative estimate of drug-likeness (QED) is 0.124. The van der Waals surface area contributed by atoms with E-state index >= 15 is 0 Å². The van der Waals surface area contributed by atoms with E-state index in [1.54, 1.807) is 6.92 Å². The number of hydrogen-bond donors (Lipinski definition) is 0. The molecule has 0 heterocycles. The maximum atomic E-state index is 14.2. The number of benzene rings is 3. The molecule has 6 atom stereocenters. The van der Waals surface area contributed by atoms with Crippen molar-refractivity contribution in [2.24, 2.45) is 46.3 Å². The summed E-state index contributed by atoms with van der Waals surface area (Å²) in [5.41, 5.74) is 3.85. The number of hydrogen-bond acceptors (Lipinski definition) is 5. The van der Waals surface area contributed by atoms with Gasteiger partial charge in [0.15, 0.2) is 0 Å². The van der Waals surface area contributed by atoms with Crippen molar-refractivity contribution >= 4 is 23.3 Å². The van der Waals surface area contributed by atoms with E-state index in [2.05, 4.69) is 76.2 Å². The molecular weight excluding hydrogens is 633 g/mol. The van der Waals surface area contributed by atoms with Crippen molar-refractivity contribution in [3.63, 3.8) is 0 Å². The highest BCUT2D eigenvalue weighted by atomic mass is 16.5. The molecule has 0 saturated heterocycles. The van der Waals surface area contributed by atoms with E-state index in [0.717, 1.165) is 29.5 Å². The summed E-state index contributed by atoms with van der Waals surface area (Å²) in [6, 6.07) is 29.2. The number of ketones is 3. The predicted molar refractivity (Wildman–Crippen MR) is 208 cm³/mol. The average molecular weight is 695 g/mol. The largest absolute Gasteiger partial charge is 0.469 e. The summed E-state index contributed by atoms with van der Waals surface area (Å²) in [5, 5.41) is 0. The van der Waals surface area contributed by atoms with E-state index < -0.39 is 11.3 Å². The lowest BCUT2D eigenvalue weighted by atomic mass is 9.67. The van der Waals surface area contributed by atoms with Gasteiger partial charge in [-0.25, -0.2) is 0 Å². The molecule has 0 aliphatic rings. The fourth-order valence-electron chi connectivity index (χ4n) is 7.86. The summed E-state index contributed by atoms with van der Waals surface area (Å²) in [4.78, 5) is 53.4. The van der Waals surface area contributed by atoms with Crippen LogP contribution in [0.4, 0.5) is 0 Å². The number of Topliss-reactive ketones (excluding diaryl/α,β-unsaturated/α-hetero) is 3. The number of rotatable bonds is 18. The second-order valence-electron chi connectivity index (χ2n) is 17.1. The van der Waals surface area contributed by atoms with Gasteiger partial charge in [0.25, 0.3) is 0 Å². The van der Waals surface area contributed by atoms with E-state index in [4.69, 9.17) is 4.74 Å². The first kappa shape index (κ1) is 41.6. The number of ether oxygens (including phenoxy) is 1. The SMILES string of the molecule is COC(=O)CC(C(=O)CC(Cc1ccc(-c2ccccc2)cc1)CC(C)C(CC(=O)C(C(C)C(C)=O)C(C)(C)C)Cc1ccccc1)C(C)(C)C. The molecule has 3 rings (SSSR count). The second-order valence-corrected chi connectivity index (χ2v) is 17.1. The Bertz CT molecular complexity index is 1560. The van der Waals surface area contributed by atoms with Gasteiger partial charge in [-0.15, -0.1) is 0 Å². The van der Waals surface area contributed by atoms with Crippen molar-refractivity contribution in [3.8, 4) is 11.1 Å². The summed E-state index contributed by atoms with van der Waals surface area (Å²) in [6.07, 6.45) is 2.95. The smallest absolute Gasteiger partial charge is 0.306 e. The van der Waals surface area contributed by atoms with Crippen molar-refractivity contribution in [1.82, 2.24) is 0 Å². The van der Waals surface area contributed by atoms with Gasteiger partial charge in [-0.1, -0.05) is 140 Å². The van der Waals surface area contributed by atoms with Gasteiger partial charge in [0, 0.05) is 30.6 Å². The van der Waals surface area contributed by atoms with Crippen molar-refractivity contribution in [3.05, 3.63) is 96.1 Å². The molecule has 3 aromatic carbocycles. The topological polar surface area (TPSA) is 77.5 Å². The molecule has 0 bridgehead atoms. The Morgan fingerprint density at radius 1 is 0.627 bits per heavy atom. The lowest BCUT2D eigenvalue weighted by Gasteiger charge is -2.36. The van der Waals surface area contributed by atoms with E-state index in [9.17, 15) is 19.2 Å². The molecule has 5 heteroatoms. The third-order valence-corrected chi connectivity index (χ3v) is 10.8. The molecule has 0 fully saturated rings. The molecular formula is C46H62O5. The normalized spacial score (nSPS) is 15.6. The van der Waals surface area contributed by atoms with Gasteiger partial charge < -0.3 is 4.74 Å². The molecule has 0 saturated carbocycles. The van der Waals surface area contributed by atoms with Crippen molar-refractivity contribution in [1.29, 1.82) is 0 Å². The first-order valence-corrected chi connectivity index (χ1v) is 18.7. The minimum absolute atomic E-state index is 0.000467. The standard InChI is InChI=1S/C46H62O5/c1-31(39(27-34-17-13-11-14-18-34)29-42(49)44(46(7,8)9)32(2)33(3)47)25-36(28-41(48)40(45(4,5)6)30-43(50)51-10)26-35-21-23-38(24-22-35)37-19-15-12-16-20-37/h11-24,31-32,36,39-40,44H,25-30H2,1-10H3. The Morgan fingerprint density at radius 3 is 1.67 bits per heavy atom. The molecule has 0 N–H and O–H groups in total. The summed E-state index contributed by atoms with van der Waals surface area (Å²) in [5.74, 6) is -1.21. The summed E-state index contributed by atoms with van der Waals surface area (Å²) < 4.78 is 4.99. The molecule has 0 aliphatic heterocycles. The third kappa shape index (κ3) is 12.7. The number of carbonyl (C=O) groups is 4. The zero-order chi connectivity index (χ0) is 37.9. The summed E-state index contributed by atoms with van der Waals surface area (Å²) in [7, 11) is 1.37. The molecule has 0 aromatic heterocycles. The maximum Gasteiger partial charge on any atom is 0.306 e. The Kier molecular flexibility index (Phi) is 15.1. The van der Waals surface area contributed by atoms with E-state index in [-0.39, 0.29) is 64.7 Å². The molecule has 3 aromatic rings. The Hall–Kier alpha value is -3.86. The highest BCUT2D eigenvalue weighted by Crippen LogP contribution is 2.39. The fraction of sp³-hybridized carbons (Fsp3) is 0.522. The lowest BCUT2D eigenvalue weighted by Crippen LogP contribution is -2.38. The van der Waals surface area contributed by atoms with Gasteiger partial charge in [0.05, 0.1) is 13.5 Å². The van der Waals surface area contributed by atoms with E-state index in [0.29, 0.717) is 19.3 Å². The zero-order valence-electron chi connectivity index (χ0n) is 32.8. The van der Waals surface area contributed by atoms with Crippen LogP contribution >= 0.6 is 0 Å². The highest BCUT2D eigenvalue weighted by Gasteiger charge is 2.39.